The third-order valence-electron chi connectivity index (χ3n) is 5.73. The maximum absolute atomic E-state index is 13.0. The average molecular weight is 441 g/mol. The van der Waals surface area contributed by atoms with Gasteiger partial charge in [0, 0.05) is 38.3 Å². The summed E-state index contributed by atoms with van der Waals surface area (Å²) >= 11 is 0. The highest BCUT2D eigenvalue weighted by Crippen LogP contribution is 2.32. The lowest BCUT2D eigenvalue weighted by Gasteiger charge is -2.36. The van der Waals surface area contributed by atoms with Crippen LogP contribution >= 0.6 is 0 Å². The van der Waals surface area contributed by atoms with Crippen molar-refractivity contribution in [1.82, 2.24) is 19.9 Å². The van der Waals surface area contributed by atoms with E-state index in [0.29, 0.717) is 18.0 Å². The van der Waals surface area contributed by atoms with E-state index in [4.69, 9.17) is 4.52 Å². The predicted molar refractivity (Wildman–Crippen MR) is 111 cm³/mol. The van der Waals surface area contributed by atoms with E-state index in [1.54, 1.807) is 0 Å². The fourth-order valence-electron chi connectivity index (χ4n) is 3.83. The molecule has 1 saturated heterocycles. The van der Waals surface area contributed by atoms with Gasteiger partial charge in [0.1, 0.15) is 0 Å². The number of hydrogen-bond donors (Lipinski definition) is 0. The van der Waals surface area contributed by atoms with Crippen molar-refractivity contribution in [3.8, 4) is 17.5 Å². The summed E-state index contributed by atoms with van der Waals surface area (Å²) < 4.78 is 44.3. The third kappa shape index (κ3) is 4.82. The molecule has 0 amide bonds. The highest BCUT2D eigenvalue weighted by atomic mass is 19.4. The molecule has 0 spiro atoms. The van der Waals surface area contributed by atoms with Crippen LogP contribution in [-0.4, -0.2) is 46.1 Å². The fourth-order valence-corrected chi connectivity index (χ4v) is 3.83. The average Bonchev–Trinajstić information content (AvgIpc) is 3.29. The molecule has 0 saturated carbocycles. The number of rotatable bonds is 5. The highest BCUT2D eigenvalue weighted by Gasteiger charge is 2.31. The SMILES string of the molecule is C[C@@H](c1nc(-c2cccc(C(F)(F)F)c2)no1)N1CCN(Cc2ccccc2C#N)CC1. The van der Waals surface area contributed by atoms with Crippen LogP contribution in [0.25, 0.3) is 11.4 Å². The molecule has 1 aliphatic rings. The van der Waals surface area contributed by atoms with Gasteiger partial charge in [-0.15, -0.1) is 0 Å². The van der Waals surface area contributed by atoms with Crippen LogP contribution in [0.4, 0.5) is 13.2 Å². The van der Waals surface area contributed by atoms with Crippen LogP contribution in [0, 0.1) is 11.3 Å². The molecule has 0 aliphatic carbocycles. The largest absolute Gasteiger partial charge is 0.416 e. The standard InChI is InChI=1S/C23H22F3N5O/c1-16(22-28-21(29-32-22)17-7-4-8-20(13-17)23(24,25)26)31-11-9-30(10-12-31)15-19-6-3-2-5-18(19)14-27/h2-8,13,16H,9-12,15H2,1H3/t16-/m0/s1. The number of aromatic nitrogens is 2. The summed E-state index contributed by atoms with van der Waals surface area (Å²) in [5.41, 5.74) is 1.22. The van der Waals surface area contributed by atoms with Crippen molar-refractivity contribution in [2.75, 3.05) is 26.2 Å². The molecule has 2 heterocycles. The first kappa shape index (κ1) is 22.0. The Kier molecular flexibility index (Phi) is 6.26. The van der Waals surface area contributed by atoms with Crippen LogP contribution < -0.4 is 0 Å². The molecule has 2 aromatic carbocycles. The van der Waals surface area contributed by atoms with E-state index in [1.807, 2.05) is 31.2 Å². The predicted octanol–water partition coefficient (Wildman–Crippen LogP) is 4.51. The molecule has 3 aromatic rings. The van der Waals surface area contributed by atoms with Gasteiger partial charge < -0.3 is 4.52 Å². The van der Waals surface area contributed by atoms with Crippen molar-refractivity contribution in [3.05, 3.63) is 71.1 Å². The maximum Gasteiger partial charge on any atom is 0.416 e. The summed E-state index contributed by atoms with van der Waals surface area (Å²) in [6.07, 6.45) is -4.43. The van der Waals surface area contributed by atoms with Crippen LogP contribution in [0.3, 0.4) is 0 Å². The number of piperazine rings is 1. The normalized spacial score (nSPS) is 16.6. The smallest absolute Gasteiger partial charge is 0.337 e. The van der Waals surface area contributed by atoms with Crippen molar-refractivity contribution < 1.29 is 17.7 Å². The number of halogens is 3. The topological polar surface area (TPSA) is 69.2 Å². The van der Waals surface area contributed by atoms with Gasteiger partial charge in [0.05, 0.1) is 23.2 Å². The lowest BCUT2D eigenvalue weighted by molar-refractivity contribution is -0.137. The van der Waals surface area contributed by atoms with Gasteiger partial charge >= 0.3 is 6.18 Å². The number of alkyl halides is 3. The molecule has 32 heavy (non-hydrogen) atoms. The zero-order chi connectivity index (χ0) is 22.7. The first-order valence-corrected chi connectivity index (χ1v) is 10.3. The minimum Gasteiger partial charge on any atom is -0.337 e. The van der Waals surface area contributed by atoms with Gasteiger partial charge in [0.15, 0.2) is 0 Å². The number of nitriles is 1. The zero-order valence-corrected chi connectivity index (χ0v) is 17.5. The van der Waals surface area contributed by atoms with E-state index in [1.165, 1.54) is 12.1 Å². The molecule has 166 valence electrons. The van der Waals surface area contributed by atoms with Gasteiger partial charge in [-0.25, -0.2) is 0 Å². The Morgan fingerprint density at radius 2 is 1.84 bits per heavy atom. The highest BCUT2D eigenvalue weighted by molar-refractivity contribution is 5.55. The van der Waals surface area contributed by atoms with E-state index >= 15 is 0 Å². The van der Waals surface area contributed by atoms with Crippen molar-refractivity contribution >= 4 is 0 Å². The van der Waals surface area contributed by atoms with E-state index < -0.39 is 11.7 Å². The Morgan fingerprint density at radius 3 is 2.56 bits per heavy atom. The molecule has 9 heteroatoms. The van der Waals surface area contributed by atoms with Crippen LogP contribution in [0.2, 0.25) is 0 Å². The van der Waals surface area contributed by atoms with Crippen molar-refractivity contribution in [2.45, 2.75) is 25.7 Å². The Bertz CT molecular complexity index is 1110. The molecular weight excluding hydrogens is 419 g/mol. The molecule has 6 nitrogen and oxygen atoms in total. The lowest BCUT2D eigenvalue weighted by Crippen LogP contribution is -2.46. The van der Waals surface area contributed by atoms with Crippen molar-refractivity contribution in [1.29, 1.82) is 5.26 Å². The molecule has 0 N–H and O–H groups in total. The first-order chi connectivity index (χ1) is 15.3. The second kappa shape index (κ2) is 9.10. The lowest BCUT2D eigenvalue weighted by atomic mass is 10.1. The number of benzene rings is 2. The zero-order valence-electron chi connectivity index (χ0n) is 17.5. The number of nitrogens with zero attached hydrogens (tertiary/aromatic N) is 5. The van der Waals surface area contributed by atoms with Gasteiger partial charge in [-0.2, -0.15) is 23.4 Å². The first-order valence-electron chi connectivity index (χ1n) is 10.3. The molecule has 4 rings (SSSR count). The Labute approximate surface area is 183 Å². The summed E-state index contributed by atoms with van der Waals surface area (Å²) in [5, 5.41) is 13.2. The van der Waals surface area contributed by atoms with Crippen molar-refractivity contribution in [3.63, 3.8) is 0 Å². The quantitative estimate of drug-likeness (QED) is 0.581. The summed E-state index contributed by atoms with van der Waals surface area (Å²) in [7, 11) is 0. The monoisotopic (exact) mass is 441 g/mol. The summed E-state index contributed by atoms with van der Waals surface area (Å²) in [4.78, 5) is 8.85. The van der Waals surface area contributed by atoms with E-state index in [-0.39, 0.29) is 17.4 Å². The molecule has 1 atom stereocenters. The van der Waals surface area contributed by atoms with Crippen molar-refractivity contribution in [2.24, 2.45) is 0 Å². The van der Waals surface area contributed by atoms with Crippen LogP contribution in [0.5, 0.6) is 0 Å². The number of hydrogen-bond acceptors (Lipinski definition) is 6. The minimum absolute atomic E-state index is 0.143. The molecule has 1 fully saturated rings. The van der Waals surface area contributed by atoms with Gasteiger partial charge in [0.2, 0.25) is 11.7 Å². The fraction of sp³-hybridized carbons (Fsp3) is 0.348. The summed E-state index contributed by atoms with van der Waals surface area (Å²) in [5.74, 6) is 0.519. The minimum atomic E-state index is -4.43. The Hall–Kier alpha value is -3.22. The summed E-state index contributed by atoms with van der Waals surface area (Å²) in [6, 6.07) is 14.6. The molecule has 0 unspecified atom stereocenters. The van der Waals surface area contributed by atoms with Gasteiger partial charge in [-0.1, -0.05) is 35.5 Å². The van der Waals surface area contributed by atoms with E-state index in [0.717, 1.165) is 43.9 Å². The second-order valence-corrected chi connectivity index (χ2v) is 7.79. The van der Waals surface area contributed by atoms with Crippen LogP contribution in [-0.2, 0) is 12.7 Å². The molecule has 0 radical (unpaired) electrons. The third-order valence-corrected chi connectivity index (χ3v) is 5.73. The molecule has 1 aromatic heterocycles. The van der Waals surface area contributed by atoms with Crippen LogP contribution in [0.1, 0.15) is 35.5 Å². The summed E-state index contributed by atoms with van der Waals surface area (Å²) in [6.45, 7) is 5.85. The van der Waals surface area contributed by atoms with Gasteiger partial charge in [-0.05, 0) is 30.7 Å². The molecule has 1 aliphatic heterocycles. The van der Waals surface area contributed by atoms with Gasteiger partial charge in [0.25, 0.3) is 0 Å². The van der Waals surface area contributed by atoms with E-state index in [2.05, 4.69) is 26.0 Å². The maximum atomic E-state index is 13.0. The van der Waals surface area contributed by atoms with Crippen LogP contribution in [0.15, 0.2) is 53.1 Å². The second-order valence-electron chi connectivity index (χ2n) is 7.79. The van der Waals surface area contributed by atoms with E-state index in [9.17, 15) is 18.4 Å². The van der Waals surface area contributed by atoms with Gasteiger partial charge in [-0.3, -0.25) is 9.80 Å². The molecular formula is C23H22F3N5O. The Balaban J connectivity index is 1.39. The molecule has 0 bridgehead atoms. The Morgan fingerprint density at radius 1 is 1.09 bits per heavy atom.